The van der Waals surface area contributed by atoms with Crippen LogP contribution in [0.3, 0.4) is 0 Å². The molecule has 1 aromatic carbocycles. The molecule has 0 bridgehead atoms. The molecule has 1 aromatic heterocycles. The first-order chi connectivity index (χ1) is 11.7. The number of amides is 1. The van der Waals surface area contributed by atoms with Gasteiger partial charge in [0.05, 0.1) is 11.0 Å². The molecule has 0 aliphatic carbocycles. The van der Waals surface area contributed by atoms with Gasteiger partial charge in [0, 0.05) is 32.0 Å². The highest BCUT2D eigenvalue weighted by molar-refractivity contribution is 6.08. The van der Waals surface area contributed by atoms with E-state index in [0.717, 1.165) is 30.6 Å². The summed E-state index contributed by atoms with van der Waals surface area (Å²) in [6, 6.07) is 13.8. The molecule has 0 N–H and O–H groups in total. The van der Waals surface area contributed by atoms with Gasteiger partial charge in [0.1, 0.15) is 11.9 Å². The van der Waals surface area contributed by atoms with Crippen LogP contribution in [0.1, 0.15) is 24.0 Å². The Morgan fingerprint density at radius 2 is 2.08 bits per heavy atom. The Bertz CT molecular complexity index is 856. The average molecular weight is 318 g/mol. The lowest BCUT2D eigenvalue weighted by Gasteiger charge is -2.40. The number of benzene rings is 1. The Kier molecular flexibility index (Phi) is 3.27. The Hall–Kier alpha value is -2.87. The van der Waals surface area contributed by atoms with Gasteiger partial charge in [-0.3, -0.25) is 4.79 Å². The van der Waals surface area contributed by atoms with E-state index in [2.05, 4.69) is 22.0 Å². The Morgan fingerprint density at radius 3 is 2.92 bits per heavy atom. The van der Waals surface area contributed by atoms with Gasteiger partial charge in [-0.2, -0.15) is 5.26 Å². The molecule has 24 heavy (non-hydrogen) atoms. The lowest BCUT2D eigenvalue weighted by Crippen LogP contribution is -2.52. The molecule has 1 saturated heterocycles. The number of carbonyl (C=O) groups excluding carboxylic acids is 1. The summed E-state index contributed by atoms with van der Waals surface area (Å²) < 4.78 is 0. The van der Waals surface area contributed by atoms with Crippen molar-refractivity contribution >= 4 is 17.4 Å². The molecule has 3 heterocycles. The third kappa shape index (κ3) is 1.93. The quantitative estimate of drug-likeness (QED) is 0.810. The van der Waals surface area contributed by atoms with Gasteiger partial charge in [0.15, 0.2) is 0 Å². The van der Waals surface area contributed by atoms with Crippen molar-refractivity contribution in [1.29, 1.82) is 5.26 Å². The molecule has 5 heteroatoms. The lowest BCUT2D eigenvalue weighted by molar-refractivity contribution is -0.123. The van der Waals surface area contributed by atoms with Crippen LogP contribution in [-0.2, 0) is 10.2 Å². The SMILES string of the molecule is CN1C(=O)[C@@]2(CCCN(c3ncccc3C#N)C2)c2ccccc21. The second kappa shape index (κ2) is 5.34. The minimum Gasteiger partial charge on any atom is -0.354 e. The maximum atomic E-state index is 13.1. The summed E-state index contributed by atoms with van der Waals surface area (Å²) in [5.41, 5.74) is 2.11. The predicted molar refractivity (Wildman–Crippen MR) is 91.9 cm³/mol. The van der Waals surface area contributed by atoms with E-state index in [9.17, 15) is 10.1 Å². The average Bonchev–Trinajstić information content (AvgIpc) is 2.84. The molecular weight excluding hydrogens is 300 g/mol. The van der Waals surface area contributed by atoms with Crippen molar-refractivity contribution in [3.05, 3.63) is 53.7 Å². The number of aromatic nitrogens is 1. The molecule has 1 amide bonds. The molecule has 5 nitrogen and oxygen atoms in total. The largest absolute Gasteiger partial charge is 0.354 e. The first-order valence-electron chi connectivity index (χ1n) is 8.15. The normalized spacial score (nSPS) is 22.6. The van der Waals surface area contributed by atoms with Gasteiger partial charge in [-0.05, 0) is 36.6 Å². The smallest absolute Gasteiger partial charge is 0.239 e. The number of hydrogen-bond donors (Lipinski definition) is 0. The van der Waals surface area contributed by atoms with Crippen LogP contribution in [0.2, 0.25) is 0 Å². The van der Waals surface area contributed by atoms with Crippen LogP contribution in [0, 0.1) is 11.3 Å². The minimum absolute atomic E-state index is 0.142. The van der Waals surface area contributed by atoms with E-state index in [1.165, 1.54) is 0 Å². The van der Waals surface area contributed by atoms with E-state index < -0.39 is 5.41 Å². The molecule has 1 atom stereocenters. The molecule has 0 unspecified atom stereocenters. The van der Waals surface area contributed by atoms with Crippen molar-refractivity contribution in [2.24, 2.45) is 0 Å². The number of para-hydroxylation sites is 1. The number of anilines is 2. The summed E-state index contributed by atoms with van der Waals surface area (Å²) in [4.78, 5) is 21.4. The third-order valence-corrected chi connectivity index (χ3v) is 5.19. The number of hydrogen-bond acceptors (Lipinski definition) is 4. The maximum Gasteiger partial charge on any atom is 0.239 e. The monoisotopic (exact) mass is 318 g/mol. The highest BCUT2D eigenvalue weighted by Crippen LogP contribution is 2.46. The summed E-state index contributed by atoms with van der Waals surface area (Å²) in [6.07, 6.45) is 3.43. The number of carbonyl (C=O) groups is 1. The number of fused-ring (bicyclic) bond motifs is 2. The van der Waals surface area contributed by atoms with Crippen molar-refractivity contribution < 1.29 is 4.79 Å². The van der Waals surface area contributed by atoms with E-state index in [1.807, 2.05) is 25.2 Å². The van der Waals surface area contributed by atoms with E-state index in [4.69, 9.17) is 0 Å². The van der Waals surface area contributed by atoms with Crippen LogP contribution in [0.15, 0.2) is 42.6 Å². The molecule has 1 fully saturated rings. The first kappa shape index (κ1) is 14.7. The fourth-order valence-corrected chi connectivity index (χ4v) is 4.08. The molecule has 2 aliphatic rings. The fourth-order valence-electron chi connectivity index (χ4n) is 4.08. The van der Waals surface area contributed by atoms with E-state index >= 15 is 0 Å². The third-order valence-electron chi connectivity index (χ3n) is 5.19. The fraction of sp³-hybridized carbons (Fsp3) is 0.316. The minimum atomic E-state index is -0.534. The summed E-state index contributed by atoms with van der Waals surface area (Å²) in [5.74, 6) is 0.821. The van der Waals surface area contributed by atoms with E-state index in [1.54, 1.807) is 23.2 Å². The van der Waals surface area contributed by atoms with Crippen LogP contribution < -0.4 is 9.80 Å². The molecule has 2 aromatic rings. The Balaban J connectivity index is 1.78. The van der Waals surface area contributed by atoms with Crippen molar-refractivity contribution in [2.75, 3.05) is 29.9 Å². The summed E-state index contributed by atoms with van der Waals surface area (Å²) in [7, 11) is 1.84. The van der Waals surface area contributed by atoms with Gasteiger partial charge >= 0.3 is 0 Å². The highest BCUT2D eigenvalue weighted by atomic mass is 16.2. The van der Waals surface area contributed by atoms with Gasteiger partial charge in [-0.15, -0.1) is 0 Å². The number of nitriles is 1. The van der Waals surface area contributed by atoms with E-state index in [0.29, 0.717) is 17.9 Å². The van der Waals surface area contributed by atoms with Crippen molar-refractivity contribution in [1.82, 2.24) is 4.98 Å². The second-order valence-electron chi connectivity index (χ2n) is 6.47. The number of piperidine rings is 1. The lowest BCUT2D eigenvalue weighted by atomic mass is 9.75. The summed E-state index contributed by atoms with van der Waals surface area (Å²) in [6.45, 7) is 1.38. The predicted octanol–water partition coefficient (Wildman–Crippen LogP) is 2.47. The van der Waals surface area contributed by atoms with Crippen LogP contribution in [-0.4, -0.2) is 31.0 Å². The van der Waals surface area contributed by atoms with Crippen LogP contribution in [0.5, 0.6) is 0 Å². The second-order valence-corrected chi connectivity index (χ2v) is 6.47. The van der Waals surface area contributed by atoms with Crippen molar-refractivity contribution in [2.45, 2.75) is 18.3 Å². The number of likely N-dealkylation sites (N-methyl/N-ethyl adjacent to an activating group) is 1. The summed E-state index contributed by atoms with van der Waals surface area (Å²) in [5, 5.41) is 9.37. The number of rotatable bonds is 1. The summed E-state index contributed by atoms with van der Waals surface area (Å²) >= 11 is 0. The molecule has 0 radical (unpaired) electrons. The molecule has 4 rings (SSSR count). The van der Waals surface area contributed by atoms with Crippen molar-refractivity contribution in [3.8, 4) is 6.07 Å². The molecule has 120 valence electrons. The van der Waals surface area contributed by atoms with Crippen LogP contribution in [0.4, 0.5) is 11.5 Å². The first-order valence-corrected chi connectivity index (χ1v) is 8.15. The topological polar surface area (TPSA) is 60.2 Å². The standard InChI is InChI=1S/C19H18N4O/c1-22-16-8-3-2-7-15(16)19(18(22)24)9-5-11-23(13-19)17-14(12-20)6-4-10-21-17/h2-4,6-8,10H,5,9,11,13H2,1H3/t19-/m1/s1. The Morgan fingerprint density at radius 1 is 1.25 bits per heavy atom. The van der Waals surface area contributed by atoms with E-state index in [-0.39, 0.29) is 5.91 Å². The van der Waals surface area contributed by atoms with Gasteiger partial charge < -0.3 is 9.80 Å². The van der Waals surface area contributed by atoms with Gasteiger partial charge in [-0.25, -0.2) is 4.98 Å². The van der Waals surface area contributed by atoms with Gasteiger partial charge in [0.25, 0.3) is 0 Å². The number of nitrogens with zero attached hydrogens (tertiary/aromatic N) is 4. The zero-order valence-electron chi connectivity index (χ0n) is 13.6. The van der Waals surface area contributed by atoms with Gasteiger partial charge in [0.2, 0.25) is 5.91 Å². The number of pyridine rings is 1. The molecular formula is C19H18N4O. The zero-order chi connectivity index (χ0) is 16.7. The molecule has 1 spiro atoms. The zero-order valence-corrected chi connectivity index (χ0v) is 13.6. The molecule has 2 aliphatic heterocycles. The van der Waals surface area contributed by atoms with Crippen LogP contribution in [0.25, 0.3) is 0 Å². The van der Waals surface area contributed by atoms with Gasteiger partial charge in [-0.1, -0.05) is 18.2 Å². The van der Waals surface area contributed by atoms with Crippen molar-refractivity contribution in [3.63, 3.8) is 0 Å². The Labute approximate surface area is 141 Å². The molecule has 0 saturated carbocycles. The maximum absolute atomic E-state index is 13.1. The highest BCUT2D eigenvalue weighted by Gasteiger charge is 2.51. The van der Waals surface area contributed by atoms with Crippen LogP contribution >= 0.6 is 0 Å².